The molecule has 0 radical (unpaired) electrons. The van der Waals surface area contributed by atoms with E-state index in [1.807, 2.05) is 0 Å². The Kier molecular flexibility index (Phi) is 4.87. The van der Waals surface area contributed by atoms with Crippen molar-refractivity contribution in [2.24, 2.45) is 5.92 Å². The molecule has 1 saturated carbocycles. The minimum absolute atomic E-state index is 0.365. The molecule has 2 rings (SSSR count). The number of rotatable bonds is 3. The molecule has 1 saturated heterocycles. The van der Waals surface area contributed by atoms with Gasteiger partial charge < -0.3 is 10.0 Å². The lowest BCUT2D eigenvalue weighted by atomic mass is 9.77. The van der Waals surface area contributed by atoms with Crippen molar-refractivity contribution in [3.05, 3.63) is 0 Å². The van der Waals surface area contributed by atoms with Crippen molar-refractivity contribution >= 4 is 0 Å². The molecule has 0 atom stereocenters. The highest BCUT2D eigenvalue weighted by atomic mass is 16.3. The van der Waals surface area contributed by atoms with E-state index < -0.39 is 0 Å². The third-order valence-electron chi connectivity index (χ3n) is 4.83. The number of nitrogens with zero attached hydrogens (tertiary/aromatic N) is 1. The van der Waals surface area contributed by atoms with E-state index in [9.17, 15) is 5.11 Å². The van der Waals surface area contributed by atoms with E-state index in [0.717, 1.165) is 25.3 Å². The number of aliphatic hydroxyl groups is 1. The third-order valence-corrected chi connectivity index (χ3v) is 4.83. The molecule has 2 fully saturated rings. The molecule has 0 aromatic heterocycles. The second-order valence-electron chi connectivity index (χ2n) is 6.27. The molecule has 0 spiro atoms. The molecular weight excluding hydrogens is 210 g/mol. The summed E-state index contributed by atoms with van der Waals surface area (Å²) in [4.78, 5) is 2.51. The van der Waals surface area contributed by atoms with Crippen LogP contribution in [0.4, 0.5) is 0 Å². The van der Waals surface area contributed by atoms with Crippen LogP contribution in [-0.4, -0.2) is 35.2 Å². The Balaban J connectivity index is 1.80. The van der Waals surface area contributed by atoms with Gasteiger partial charge in [0.05, 0.1) is 5.60 Å². The predicted molar refractivity (Wildman–Crippen MR) is 72.1 cm³/mol. The Hall–Kier alpha value is -0.0800. The largest absolute Gasteiger partial charge is 0.389 e. The first-order valence-corrected chi connectivity index (χ1v) is 7.66. The summed E-state index contributed by atoms with van der Waals surface area (Å²) in [7, 11) is 0. The predicted octanol–water partition coefficient (Wildman–Crippen LogP) is 3.19. The molecular formula is C15H29NO. The molecule has 2 heteroatoms. The fourth-order valence-corrected chi connectivity index (χ4v) is 3.49. The molecule has 0 aromatic carbocycles. The average Bonchev–Trinajstić information content (AvgIpc) is 2.58. The topological polar surface area (TPSA) is 23.5 Å². The van der Waals surface area contributed by atoms with Crippen LogP contribution in [0, 0.1) is 5.92 Å². The van der Waals surface area contributed by atoms with Crippen molar-refractivity contribution in [2.75, 3.05) is 19.6 Å². The highest BCUT2D eigenvalue weighted by Gasteiger charge is 2.34. The lowest BCUT2D eigenvalue weighted by Crippen LogP contribution is -2.45. The molecule has 1 aliphatic heterocycles. The van der Waals surface area contributed by atoms with Gasteiger partial charge in [0.1, 0.15) is 0 Å². The summed E-state index contributed by atoms with van der Waals surface area (Å²) in [6.07, 6.45) is 11.2. The summed E-state index contributed by atoms with van der Waals surface area (Å²) in [5, 5.41) is 10.7. The lowest BCUT2D eigenvalue weighted by molar-refractivity contribution is -0.0363. The Bertz CT molecular complexity index is 213. The molecule has 0 amide bonds. The van der Waals surface area contributed by atoms with E-state index in [1.54, 1.807) is 0 Å². The van der Waals surface area contributed by atoms with Gasteiger partial charge in [0.2, 0.25) is 0 Å². The maximum atomic E-state index is 10.7. The summed E-state index contributed by atoms with van der Waals surface area (Å²) >= 11 is 0. The monoisotopic (exact) mass is 239 g/mol. The van der Waals surface area contributed by atoms with Crippen molar-refractivity contribution in [2.45, 2.75) is 70.3 Å². The zero-order valence-corrected chi connectivity index (χ0v) is 11.5. The van der Waals surface area contributed by atoms with Crippen LogP contribution in [0.5, 0.6) is 0 Å². The third kappa shape index (κ3) is 3.96. The molecule has 17 heavy (non-hydrogen) atoms. The van der Waals surface area contributed by atoms with Crippen molar-refractivity contribution in [1.29, 1.82) is 0 Å². The van der Waals surface area contributed by atoms with E-state index in [0.29, 0.717) is 0 Å². The van der Waals surface area contributed by atoms with Gasteiger partial charge in [-0.1, -0.05) is 26.2 Å². The van der Waals surface area contributed by atoms with Crippen LogP contribution in [0.25, 0.3) is 0 Å². The number of likely N-dealkylation sites (tertiary alicyclic amines) is 1. The van der Waals surface area contributed by atoms with Gasteiger partial charge in [-0.3, -0.25) is 0 Å². The lowest BCUT2D eigenvalue weighted by Gasteiger charge is -2.39. The van der Waals surface area contributed by atoms with Crippen LogP contribution in [-0.2, 0) is 0 Å². The summed E-state index contributed by atoms with van der Waals surface area (Å²) < 4.78 is 0. The average molecular weight is 239 g/mol. The zero-order chi connectivity index (χ0) is 12.1. The maximum Gasteiger partial charge on any atom is 0.0774 e. The number of hydrogen-bond acceptors (Lipinski definition) is 2. The molecule has 100 valence electrons. The van der Waals surface area contributed by atoms with Crippen molar-refractivity contribution in [3.63, 3.8) is 0 Å². The highest BCUT2D eigenvalue weighted by molar-refractivity contribution is 4.88. The summed E-state index contributed by atoms with van der Waals surface area (Å²) in [6.45, 7) is 5.63. The highest BCUT2D eigenvalue weighted by Crippen LogP contribution is 2.34. The van der Waals surface area contributed by atoms with Crippen LogP contribution >= 0.6 is 0 Å². The number of hydrogen-bond donors (Lipinski definition) is 1. The minimum Gasteiger partial charge on any atom is -0.389 e. The van der Waals surface area contributed by atoms with E-state index >= 15 is 0 Å². The van der Waals surface area contributed by atoms with E-state index in [2.05, 4.69) is 11.8 Å². The van der Waals surface area contributed by atoms with Crippen LogP contribution in [0.2, 0.25) is 0 Å². The van der Waals surface area contributed by atoms with Crippen LogP contribution < -0.4 is 0 Å². The second kappa shape index (κ2) is 6.19. The smallest absolute Gasteiger partial charge is 0.0774 e. The quantitative estimate of drug-likeness (QED) is 0.817. The first-order chi connectivity index (χ1) is 8.22. The van der Waals surface area contributed by atoms with Gasteiger partial charge >= 0.3 is 0 Å². The normalized spacial score (nSPS) is 36.7. The molecule has 1 aliphatic carbocycles. The molecule has 1 N–H and O–H groups in total. The van der Waals surface area contributed by atoms with Crippen LogP contribution in [0.3, 0.4) is 0 Å². The Morgan fingerprint density at radius 1 is 1.06 bits per heavy atom. The van der Waals surface area contributed by atoms with Crippen molar-refractivity contribution in [1.82, 2.24) is 4.90 Å². The Morgan fingerprint density at radius 3 is 2.18 bits per heavy atom. The Morgan fingerprint density at radius 2 is 1.65 bits per heavy atom. The Labute approximate surface area is 106 Å². The van der Waals surface area contributed by atoms with Gasteiger partial charge in [-0.2, -0.15) is 0 Å². The standard InChI is InChI=1S/C15H29NO/c1-2-14-7-9-15(17,10-8-14)13-16-11-5-3-4-6-12-16/h14,17H,2-13H2,1H3. The molecule has 0 unspecified atom stereocenters. The minimum atomic E-state index is -0.365. The fraction of sp³-hybridized carbons (Fsp3) is 1.00. The maximum absolute atomic E-state index is 10.7. The molecule has 1 heterocycles. The van der Waals surface area contributed by atoms with Gasteiger partial charge in [0.15, 0.2) is 0 Å². The SMILES string of the molecule is CCC1CCC(O)(CN2CCCCCC2)CC1. The fourth-order valence-electron chi connectivity index (χ4n) is 3.49. The van der Waals surface area contributed by atoms with Crippen molar-refractivity contribution < 1.29 is 5.11 Å². The van der Waals surface area contributed by atoms with Gasteiger partial charge in [-0.05, 0) is 57.5 Å². The molecule has 2 nitrogen and oxygen atoms in total. The van der Waals surface area contributed by atoms with E-state index in [4.69, 9.17) is 0 Å². The number of β-amino-alcohol motifs (C(OH)–C–C–N with tert-alkyl or cyclic N) is 1. The van der Waals surface area contributed by atoms with Gasteiger partial charge in [0.25, 0.3) is 0 Å². The molecule has 0 bridgehead atoms. The van der Waals surface area contributed by atoms with Crippen LogP contribution in [0.15, 0.2) is 0 Å². The summed E-state index contributed by atoms with van der Waals surface area (Å²) in [5.41, 5.74) is -0.365. The van der Waals surface area contributed by atoms with Gasteiger partial charge in [-0.15, -0.1) is 0 Å². The first-order valence-electron chi connectivity index (χ1n) is 7.66. The van der Waals surface area contributed by atoms with Gasteiger partial charge in [0, 0.05) is 6.54 Å². The zero-order valence-electron chi connectivity index (χ0n) is 11.5. The first kappa shape index (κ1) is 13.4. The molecule has 2 aliphatic rings. The van der Waals surface area contributed by atoms with Gasteiger partial charge in [-0.25, -0.2) is 0 Å². The summed E-state index contributed by atoms with van der Waals surface area (Å²) in [5.74, 6) is 0.874. The van der Waals surface area contributed by atoms with Crippen molar-refractivity contribution in [3.8, 4) is 0 Å². The summed E-state index contributed by atoms with van der Waals surface area (Å²) in [6, 6.07) is 0. The van der Waals surface area contributed by atoms with E-state index in [-0.39, 0.29) is 5.60 Å². The second-order valence-corrected chi connectivity index (χ2v) is 6.27. The van der Waals surface area contributed by atoms with E-state index in [1.165, 1.54) is 58.0 Å². The van der Waals surface area contributed by atoms with Crippen LogP contribution in [0.1, 0.15) is 64.7 Å². The molecule has 0 aromatic rings.